The summed E-state index contributed by atoms with van der Waals surface area (Å²) in [5.41, 5.74) is 4.43. The van der Waals surface area contributed by atoms with Crippen LogP contribution in [0.1, 0.15) is 28.7 Å². The number of carboxylic acids is 1. The summed E-state index contributed by atoms with van der Waals surface area (Å²) in [6.45, 7) is 7.28. The van der Waals surface area contributed by atoms with Gasteiger partial charge in [0.2, 0.25) is 5.91 Å². The predicted molar refractivity (Wildman–Crippen MR) is 82.9 cm³/mol. The summed E-state index contributed by atoms with van der Waals surface area (Å²) in [4.78, 5) is 25.2. The molecule has 0 saturated carbocycles. The summed E-state index contributed by atoms with van der Waals surface area (Å²) < 4.78 is 5.32. The van der Waals surface area contributed by atoms with E-state index in [0.717, 1.165) is 16.7 Å². The zero-order valence-electron chi connectivity index (χ0n) is 13.4. The first-order valence-corrected chi connectivity index (χ1v) is 7.54. The van der Waals surface area contributed by atoms with E-state index in [-0.39, 0.29) is 18.4 Å². The smallest absolute Gasteiger partial charge is 0.305 e. The van der Waals surface area contributed by atoms with E-state index in [0.29, 0.717) is 26.2 Å². The Morgan fingerprint density at radius 3 is 2.50 bits per heavy atom. The number of ether oxygens (including phenoxy) is 1. The van der Waals surface area contributed by atoms with Crippen molar-refractivity contribution in [2.75, 3.05) is 19.8 Å². The van der Waals surface area contributed by atoms with Crippen LogP contribution in [-0.4, -0.2) is 47.7 Å². The maximum absolute atomic E-state index is 12.6. The molecular weight excluding hydrogens is 282 g/mol. The van der Waals surface area contributed by atoms with Gasteiger partial charge in [0.15, 0.2) is 0 Å². The summed E-state index contributed by atoms with van der Waals surface area (Å²) in [6.07, 6.45) is 0.242. The summed E-state index contributed by atoms with van der Waals surface area (Å²) in [7, 11) is 0. The fourth-order valence-corrected chi connectivity index (χ4v) is 3.10. The molecule has 0 bridgehead atoms. The second-order valence-electron chi connectivity index (χ2n) is 5.97. The molecule has 0 radical (unpaired) electrons. The highest BCUT2D eigenvalue weighted by Crippen LogP contribution is 2.19. The molecule has 1 amide bonds. The van der Waals surface area contributed by atoms with Crippen molar-refractivity contribution in [3.05, 3.63) is 34.4 Å². The molecule has 1 saturated heterocycles. The van der Waals surface area contributed by atoms with Gasteiger partial charge in [-0.1, -0.05) is 17.7 Å². The van der Waals surface area contributed by atoms with Crippen LogP contribution in [0.2, 0.25) is 0 Å². The Morgan fingerprint density at radius 2 is 1.91 bits per heavy atom. The number of carboxylic acid groups (broad SMARTS) is 1. The fraction of sp³-hybridized carbons (Fsp3) is 0.529. The summed E-state index contributed by atoms with van der Waals surface area (Å²) in [6, 6.07) is 3.78. The summed E-state index contributed by atoms with van der Waals surface area (Å²) >= 11 is 0. The molecule has 1 heterocycles. The number of aryl methyl sites for hydroxylation is 3. The average Bonchev–Trinajstić information content (AvgIpc) is 2.42. The lowest BCUT2D eigenvalue weighted by molar-refractivity contribution is -0.145. The van der Waals surface area contributed by atoms with Gasteiger partial charge in [-0.2, -0.15) is 0 Å². The summed E-state index contributed by atoms with van der Waals surface area (Å²) in [5, 5.41) is 8.98. The van der Waals surface area contributed by atoms with Gasteiger partial charge in [-0.15, -0.1) is 0 Å². The minimum absolute atomic E-state index is 0.0235. The van der Waals surface area contributed by atoms with Crippen molar-refractivity contribution in [2.45, 2.75) is 39.7 Å². The summed E-state index contributed by atoms with van der Waals surface area (Å²) in [5.74, 6) is -0.930. The molecule has 1 aliphatic heterocycles. The van der Waals surface area contributed by atoms with Crippen LogP contribution in [-0.2, 0) is 20.7 Å². The Kier molecular flexibility index (Phi) is 5.19. The molecule has 1 aliphatic rings. The van der Waals surface area contributed by atoms with Gasteiger partial charge in [-0.25, -0.2) is 0 Å². The molecule has 120 valence electrons. The molecule has 2 rings (SSSR count). The standard InChI is InChI=1S/C17H23NO4/c1-11-6-12(2)15(13(3)7-11)9-16(19)18-4-5-22-10-14(18)8-17(20)21/h6-7,14H,4-5,8-10H2,1-3H3,(H,20,21). The van der Waals surface area contributed by atoms with E-state index in [9.17, 15) is 9.59 Å². The third kappa shape index (κ3) is 3.85. The highest BCUT2D eigenvalue weighted by Gasteiger charge is 2.29. The Labute approximate surface area is 130 Å². The minimum atomic E-state index is -0.906. The van der Waals surface area contributed by atoms with Crippen LogP contribution < -0.4 is 0 Å². The molecule has 1 aromatic rings. The molecule has 0 aliphatic carbocycles. The molecule has 22 heavy (non-hydrogen) atoms. The van der Waals surface area contributed by atoms with Crippen molar-refractivity contribution in [1.82, 2.24) is 4.90 Å². The van der Waals surface area contributed by atoms with Gasteiger partial charge in [0.25, 0.3) is 0 Å². The zero-order chi connectivity index (χ0) is 16.3. The number of rotatable bonds is 4. The van der Waals surface area contributed by atoms with Gasteiger partial charge in [0.05, 0.1) is 32.1 Å². The Hall–Kier alpha value is -1.88. The van der Waals surface area contributed by atoms with Crippen molar-refractivity contribution in [3.8, 4) is 0 Å². The number of amides is 1. The Balaban J connectivity index is 2.15. The van der Waals surface area contributed by atoms with Crippen LogP contribution in [0.5, 0.6) is 0 Å². The van der Waals surface area contributed by atoms with E-state index in [4.69, 9.17) is 9.84 Å². The van der Waals surface area contributed by atoms with Gasteiger partial charge in [-0.3, -0.25) is 9.59 Å². The number of nitrogens with zero attached hydrogens (tertiary/aromatic N) is 1. The Bertz CT molecular complexity index is 559. The third-order valence-electron chi connectivity index (χ3n) is 4.13. The van der Waals surface area contributed by atoms with Crippen molar-refractivity contribution >= 4 is 11.9 Å². The van der Waals surface area contributed by atoms with Crippen LogP contribution in [0.4, 0.5) is 0 Å². The van der Waals surface area contributed by atoms with Gasteiger partial charge < -0.3 is 14.7 Å². The SMILES string of the molecule is Cc1cc(C)c(CC(=O)N2CCOCC2CC(=O)O)c(C)c1. The number of carbonyl (C=O) groups is 2. The molecule has 1 atom stereocenters. The minimum Gasteiger partial charge on any atom is -0.481 e. The predicted octanol–water partition coefficient (Wildman–Crippen LogP) is 1.86. The highest BCUT2D eigenvalue weighted by molar-refractivity contribution is 5.81. The van der Waals surface area contributed by atoms with E-state index < -0.39 is 5.97 Å². The van der Waals surface area contributed by atoms with Crippen molar-refractivity contribution in [2.24, 2.45) is 0 Å². The largest absolute Gasteiger partial charge is 0.481 e. The first-order chi connectivity index (χ1) is 10.4. The first kappa shape index (κ1) is 16.5. The molecule has 5 nitrogen and oxygen atoms in total. The number of morpholine rings is 1. The van der Waals surface area contributed by atoms with E-state index in [2.05, 4.69) is 12.1 Å². The lowest BCUT2D eigenvalue weighted by Crippen LogP contribution is -2.50. The molecule has 1 unspecified atom stereocenters. The number of hydrogen-bond donors (Lipinski definition) is 1. The van der Waals surface area contributed by atoms with Gasteiger partial charge in [0, 0.05) is 6.54 Å². The van der Waals surface area contributed by atoms with Crippen molar-refractivity contribution in [3.63, 3.8) is 0 Å². The second kappa shape index (κ2) is 6.92. The van der Waals surface area contributed by atoms with E-state index >= 15 is 0 Å². The number of carbonyl (C=O) groups excluding carboxylic acids is 1. The fourth-order valence-electron chi connectivity index (χ4n) is 3.10. The Morgan fingerprint density at radius 1 is 1.27 bits per heavy atom. The zero-order valence-corrected chi connectivity index (χ0v) is 13.4. The molecule has 1 N–H and O–H groups in total. The number of benzene rings is 1. The van der Waals surface area contributed by atoms with Gasteiger partial charge in [0.1, 0.15) is 0 Å². The topological polar surface area (TPSA) is 66.8 Å². The molecule has 5 heteroatoms. The van der Waals surface area contributed by atoms with E-state index in [1.54, 1.807) is 4.90 Å². The lowest BCUT2D eigenvalue weighted by Gasteiger charge is -2.35. The van der Waals surface area contributed by atoms with Crippen molar-refractivity contribution < 1.29 is 19.4 Å². The number of aliphatic carboxylic acids is 1. The maximum atomic E-state index is 12.6. The van der Waals surface area contributed by atoms with Gasteiger partial charge in [-0.05, 0) is 37.5 Å². The van der Waals surface area contributed by atoms with E-state index in [1.807, 2.05) is 20.8 Å². The van der Waals surface area contributed by atoms with Crippen LogP contribution in [0.15, 0.2) is 12.1 Å². The normalized spacial score (nSPS) is 18.3. The van der Waals surface area contributed by atoms with Crippen LogP contribution in [0, 0.1) is 20.8 Å². The van der Waals surface area contributed by atoms with Gasteiger partial charge >= 0.3 is 5.97 Å². The molecular formula is C17H23NO4. The van der Waals surface area contributed by atoms with E-state index in [1.165, 1.54) is 5.56 Å². The molecule has 1 aromatic carbocycles. The molecule has 0 spiro atoms. The second-order valence-corrected chi connectivity index (χ2v) is 5.97. The number of hydrogen-bond acceptors (Lipinski definition) is 3. The molecule has 0 aromatic heterocycles. The first-order valence-electron chi connectivity index (χ1n) is 7.54. The van der Waals surface area contributed by atoms with Crippen LogP contribution >= 0.6 is 0 Å². The van der Waals surface area contributed by atoms with Crippen LogP contribution in [0.25, 0.3) is 0 Å². The maximum Gasteiger partial charge on any atom is 0.305 e. The quantitative estimate of drug-likeness (QED) is 0.922. The lowest BCUT2D eigenvalue weighted by atomic mass is 9.96. The monoisotopic (exact) mass is 305 g/mol. The average molecular weight is 305 g/mol. The molecule has 1 fully saturated rings. The highest BCUT2D eigenvalue weighted by atomic mass is 16.5. The van der Waals surface area contributed by atoms with Crippen molar-refractivity contribution in [1.29, 1.82) is 0 Å². The van der Waals surface area contributed by atoms with Crippen LogP contribution in [0.3, 0.4) is 0 Å². The third-order valence-corrected chi connectivity index (χ3v) is 4.13.